The van der Waals surface area contributed by atoms with Crippen molar-refractivity contribution in [3.05, 3.63) is 0 Å². The van der Waals surface area contributed by atoms with Crippen molar-refractivity contribution in [2.75, 3.05) is 0 Å². The molecule has 2 rings (SSSR count). The Kier molecular flexibility index (Phi) is 2.96. The average molecular weight is 191 g/mol. The summed E-state index contributed by atoms with van der Waals surface area (Å²) in [6.07, 6.45) is 3.98. The highest BCUT2D eigenvalue weighted by Gasteiger charge is 2.38. The molecule has 1 amide bonds. The predicted molar refractivity (Wildman–Crippen MR) is 49.1 cm³/mol. The van der Waals surface area contributed by atoms with Crippen molar-refractivity contribution in [2.24, 2.45) is 11.7 Å². The third kappa shape index (κ3) is 1.90. The van der Waals surface area contributed by atoms with E-state index in [-0.39, 0.29) is 30.4 Å². The Labute approximate surface area is 78.5 Å². The second kappa shape index (κ2) is 3.62. The van der Waals surface area contributed by atoms with Crippen LogP contribution in [0.25, 0.3) is 0 Å². The quantitative estimate of drug-likeness (QED) is 0.630. The molecule has 1 saturated carbocycles. The number of halogens is 1. The van der Waals surface area contributed by atoms with Crippen LogP contribution in [0.2, 0.25) is 0 Å². The second-order valence-corrected chi connectivity index (χ2v) is 3.63. The van der Waals surface area contributed by atoms with E-state index in [1.54, 1.807) is 0 Å². The minimum Gasteiger partial charge on any atom is -0.352 e. The molecule has 70 valence electrons. The van der Waals surface area contributed by atoms with Crippen LogP contribution >= 0.6 is 12.4 Å². The van der Waals surface area contributed by atoms with E-state index in [1.807, 2.05) is 0 Å². The molecule has 0 aromatic heterocycles. The maximum absolute atomic E-state index is 11.0. The van der Waals surface area contributed by atoms with Gasteiger partial charge in [-0.2, -0.15) is 0 Å². The van der Waals surface area contributed by atoms with Crippen LogP contribution in [-0.4, -0.2) is 18.0 Å². The summed E-state index contributed by atoms with van der Waals surface area (Å²) in [6, 6.07) is 0.497. The summed E-state index contributed by atoms with van der Waals surface area (Å²) in [5, 5.41) is 2.96. The molecule has 2 aliphatic rings. The van der Waals surface area contributed by atoms with Crippen LogP contribution in [0.5, 0.6) is 0 Å². The molecule has 0 unspecified atom stereocenters. The Morgan fingerprint density at radius 3 is 2.58 bits per heavy atom. The van der Waals surface area contributed by atoms with Crippen LogP contribution < -0.4 is 11.1 Å². The maximum Gasteiger partial charge on any atom is 0.220 e. The summed E-state index contributed by atoms with van der Waals surface area (Å²) in [5.41, 5.74) is 5.87. The number of hydrogen-bond donors (Lipinski definition) is 2. The van der Waals surface area contributed by atoms with Crippen LogP contribution in [0.4, 0.5) is 0 Å². The van der Waals surface area contributed by atoms with E-state index in [0.717, 1.165) is 6.42 Å². The first kappa shape index (κ1) is 9.81. The van der Waals surface area contributed by atoms with Gasteiger partial charge >= 0.3 is 0 Å². The smallest absolute Gasteiger partial charge is 0.220 e. The van der Waals surface area contributed by atoms with Gasteiger partial charge in [0.1, 0.15) is 0 Å². The van der Waals surface area contributed by atoms with Gasteiger partial charge in [0.15, 0.2) is 0 Å². The van der Waals surface area contributed by atoms with Crippen LogP contribution in [0.3, 0.4) is 0 Å². The van der Waals surface area contributed by atoms with Crippen molar-refractivity contribution in [1.29, 1.82) is 0 Å². The van der Waals surface area contributed by atoms with Crippen molar-refractivity contribution in [2.45, 2.75) is 37.8 Å². The van der Waals surface area contributed by atoms with Gasteiger partial charge in [0.25, 0.3) is 0 Å². The molecule has 0 radical (unpaired) electrons. The van der Waals surface area contributed by atoms with Gasteiger partial charge in [0, 0.05) is 18.5 Å². The van der Waals surface area contributed by atoms with Crippen molar-refractivity contribution < 1.29 is 4.79 Å². The fraction of sp³-hybridized carbons (Fsp3) is 0.875. The van der Waals surface area contributed by atoms with Gasteiger partial charge in [-0.25, -0.2) is 0 Å². The largest absolute Gasteiger partial charge is 0.352 e. The van der Waals surface area contributed by atoms with Gasteiger partial charge in [0.2, 0.25) is 5.91 Å². The zero-order valence-corrected chi connectivity index (χ0v) is 7.77. The number of carbonyl (C=O) groups is 1. The Morgan fingerprint density at radius 1 is 1.33 bits per heavy atom. The highest BCUT2D eigenvalue weighted by atomic mass is 35.5. The van der Waals surface area contributed by atoms with Gasteiger partial charge in [-0.05, 0) is 25.2 Å². The van der Waals surface area contributed by atoms with Crippen molar-refractivity contribution in [3.63, 3.8) is 0 Å². The molecule has 4 heteroatoms. The Balaban J connectivity index is 0.000000720. The van der Waals surface area contributed by atoms with Crippen molar-refractivity contribution in [3.8, 4) is 0 Å². The summed E-state index contributed by atoms with van der Waals surface area (Å²) < 4.78 is 0. The van der Waals surface area contributed by atoms with Gasteiger partial charge < -0.3 is 11.1 Å². The fourth-order valence-corrected chi connectivity index (χ4v) is 1.77. The lowest BCUT2D eigenvalue weighted by Gasteiger charge is -2.29. The zero-order chi connectivity index (χ0) is 7.84. The standard InChI is InChI=1S/C8H14N2O.ClH/c9-6-3-4-7(11)10-8(6)5-1-2-5;/h5-6,8H,1-4,9H2,(H,10,11);1H/t6-,8+;/m1./s1. The minimum atomic E-state index is 0. The first-order valence-electron chi connectivity index (χ1n) is 4.32. The zero-order valence-electron chi connectivity index (χ0n) is 6.95. The van der Waals surface area contributed by atoms with Crippen LogP contribution in [0.1, 0.15) is 25.7 Å². The van der Waals surface area contributed by atoms with E-state index in [1.165, 1.54) is 12.8 Å². The summed E-state index contributed by atoms with van der Waals surface area (Å²) in [7, 11) is 0. The van der Waals surface area contributed by atoms with Crippen molar-refractivity contribution in [1.82, 2.24) is 5.32 Å². The van der Waals surface area contributed by atoms with E-state index in [9.17, 15) is 4.79 Å². The summed E-state index contributed by atoms with van der Waals surface area (Å²) in [5.74, 6) is 0.873. The molecule has 2 fully saturated rings. The number of rotatable bonds is 1. The normalized spacial score (nSPS) is 35.2. The second-order valence-electron chi connectivity index (χ2n) is 3.63. The van der Waals surface area contributed by atoms with Gasteiger partial charge in [-0.1, -0.05) is 0 Å². The summed E-state index contributed by atoms with van der Waals surface area (Å²) >= 11 is 0. The van der Waals surface area contributed by atoms with Crippen LogP contribution in [0, 0.1) is 5.92 Å². The van der Waals surface area contributed by atoms with Crippen LogP contribution in [0.15, 0.2) is 0 Å². The maximum atomic E-state index is 11.0. The number of nitrogens with two attached hydrogens (primary N) is 1. The molecule has 1 heterocycles. The summed E-state index contributed by atoms with van der Waals surface area (Å²) in [4.78, 5) is 11.0. The van der Waals surface area contributed by atoms with Crippen molar-refractivity contribution >= 4 is 18.3 Å². The van der Waals surface area contributed by atoms with E-state index >= 15 is 0 Å². The molecule has 0 aromatic rings. The SMILES string of the molecule is Cl.N[C@@H]1CCC(=O)N[C@H]1C1CC1. The molecule has 1 aliphatic carbocycles. The van der Waals surface area contributed by atoms with E-state index < -0.39 is 0 Å². The lowest BCUT2D eigenvalue weighted by atomic mass is 9.95. The highest BCUT2D eigenvalue weighted by Crippen LogP contribution is 2.35. The Bertz CT molecular complexity index is 182. The lowest BCUT2D eigenvalue weighted by Crippen LogP contribution is -2.53. The third-order valence-corrected chi connectivity index (χ3v) is 2.62. The fourth-order valence-electron chi connectivity index (χ4n) is 1.77. The first-order chi connectivity index (χ1) is 5.27. The third-order valence-electron chi connectivity index (χ3n) is 2.62. The van der Waals surface area contributed by atoms with E-state index in [0.29, 0.717) is 12.3 Å². The number of hydrogen-bond acceptors (Lipinski definition) is 2. The molecule has 2 atom stereocenters. The monoisotopic (exact) mass is 190 g/mol. The Morgan fingerprint density at radius 2 is 2.00 bits per heavy atom. The number of carbonyl (C=O) groups excluding carboxylic acids is 1. The average Bonchev–Trinajstić information content (AvgIpc) is 2.76. The van der Waals surface area contributed by atoms with Gasteiger partial charge in [-0.15, -0.1) is 12.4 Å². The molecular weight excluding hydrogens is 176 g/mol. The molecule has 1 saturated heterocycles. The van der Waals surface area contributed by atoms with E-state index in [2.05, 4.69) is 5.32 Å². The molecule has 3 N–H and O–H groups in total. The molecular formula is C8H15ClN2O. The van der Waals surface area contributed by atoms with Gasteiger partial charge in [-0.3, -0.25) is 4.79 Å². The molecule has 0 spiro atoms. The lowest BCUT2D eigenvalue weighted by molar-refractivity contribution is -0.123. The van der Waals surface area contributed by atoms with Crippen LogP contribution in [-0.2, 0) is 4.79 Å². The topological polar surface area (TPSA) is 55.1 Å². The minimum absolute atomic E-state index is 0. The number of nitrogens with one attached hydrogen (secondary N) is 1. The number of amides is 1. The summed E-state index contributed by atoms with van der Waals surface area (Å²) in [6.45, 7) is 0. The van der Waals surface area contributed by atoms with E-state index in [4.69, 9.17) is 5.73 Å². The molecule has 1 aliphatic heterocycles. The molecule has 0 aromatic carbocycles. The predicted octanol–water partition coefficient (Wildman–Crippen LogP) is 0.424. The number of piperidine rings is 1. The molecule has 3 nitrogen and oxygen atoms in total. The molecule has 12 heavy (non-hydrogen) atoms. The highest BCUT2D eigenvalue weighted by molar-refractivity contribution is 5.85. The first-order valence-corrected chi connectivity index (χ1v) is 4.32. The molecule has 0 bridgehead atoms. The van der Waals surface area contributed by atoms with Gasteiger partial charge in [0.05, 0.1) is 0 Å². The Hall–Kier alpha value is -0.280.